The summed E-state index contributed by atoms with van der Waals surface area (Å²) in [4.78, 5) is 0. The Morgan fingerprint density at radius 2 is 1.48 bits per heavy atom. The molecule has 0 amide bonds. The van der Waals surface area contributed by atoms with Crippen molar-refractivity contribution in [2.24, 2.45) is 5.92 Å². The second kappa shape index (κ2) is 5.31. The maximum Gasteiger partial charge on any atom is 0.0584 e. The van der Waals surface area contributed by atoms with Crippen LogP contribution in [-0.4, -0.2) is 6.04 Å². The van der Waals surface area contributed by atoms with Gasteiger partial charge in [-0.25, -0.2) is 0 Å². The monoisotopic (exact) mass is 277 g/mol. The van der Waals surface area contributed by atoms with Gasteiger partial charge in [0.25, 0.3) is 0 Å². The molecule has 0 saturated heterocycles. The third-order valence-electron chi connectivity index (χ3n) is 5.36. The first kappa shape index (κ1) is 13.1. The van der Waals surface area contributed by atoms with E-state index >= 15 is 0 Å². The van der Waals surface area contributed by atoms with E-state index in [-0.39, 0.29) is 0 Å². The first-order chi connectivity index (χ1) is 10.3. The highest BCUT2D eigenvalue weighted by atomic mass is 15.0. The summed E-state index contributed by atoms with van der Waals surface area (Å²) in [5.41, 5.74) is 5.93. The van der Waals surface area contributed by atoms with E-state index in [1.165, 1.54) is 41.5 Å². The fraction of sp³-hybridized carbons (Fsp3) is 0.400. The third kappa shape index (κ3) is 2.30. The molecule has 0 aliphatic heterocycles. The summed E-state index contributed by atoms with van der Waals surface area (Å²) in [6.45, 7) is 2.39. The number of rotatable bonds is 2. The van der Waals surface area contributed by atoms with E-state index in [0.29, 0.717) is 12.1 Å². The van der Waals surface area contributed by atoms with Gasteiger partial charge < -0.3 is 5.32 Å². The van der Waals surface area contributed by atoms with E-state index in [1.807, 2.05) is 0 Å². The van der Waals surface area contributed by atoms with Gasteiger partial charge in [0.15, 0.2) is 0 Å². The molecule has 2 unspecified atom stereocenters. The predicted molar refractivity (Wildman–Crippen MR) is 87.5 cm³/mol. The molecule has 2 aliphatic rings. The molecule has 108 valence electrons. The highest BCUT2D eigenvalue weighted by molar-refractivity contribution is 5.48. The molecule has 0 spiro atoms. The molecule has 21 heavy (non-hydrogen) atoms. The molecule has 0 bridgehead atoms. The Balaban J connectivity index is 1.74. The van der Waals surface area contributed by atoms with Gasteiger partial charge in [0.2, 0.25) is 0 Å². The topological polar surface area (TPSA) is 12.0 Å². The molecule has 0 radical (unpaired) electrons. The molecule has 1 saturated carbocycles. The largest absolute Gasteiger partial charge is 0.303 e. The zero-order valence-corrected chi connectivity index (χ0v) is 12.7. The fourth-order valence-corrected chi connectivity index (χ4v) is 4.11. The second-order valence-corrected chi connectivity index (χ2v) is 6.69. The van der Waals surface area contributed by atoms with E-state index < -0.39 is 0 Å². The Morgan fingerprint density at radius 1 is 0.857 bits per heavy atom. The molecular formula is C20H23N. The summed E-state index contributed by atoms with van der Waals surface area (Å²) in [5.74, 6) is 0.797. The summed E-state index contributed by atoms with van der Waals surface area (Å²) in [5, 5.41) is 3.98. The lowest BCUT2D eigenvalue weighted by Crippen LogP contribution is -2.37. The molecule has 1 nitrogen and oxygen atoms in total. The van der Waals surface area contributed by atoms with Crippen LogP contribution in [0.25, 0.3) is 0 Å². The quantitative estimate of drug-likeness (QED) is 0.854. The molecule has 1 heteroatoms. The minimum atomic E-state index is 0.372. The maximum absolute atomic E-state index is 3.98. The normalized spacial score (nSPS) is 24.6. The zero-order chi connectivity index (χ0) is 14.2. The van der Waals surface area contributed by atoms with Gasteiger partial charge in [-0.15, -0.1) is 0 Å². The van der Waals surface area contributed by atoms with Gasteiger partial charge in [-0.3, -0.25) is 0 Å². The van der Waals surface area contributed by atoms with Gasteiger partial charge in [-0.1, -0.05) is 61.9 Å². The van der Waals surface area contributed by atoms with Crippen molar-refractivity contribution in [3.63, 3.8) is 0 Å². The predicted octanol–water partition coefficient (Wildman–Crippen LogP) is 4.46. The van der Waals surface area contributed by atoms with Crippen molar-refractivity contribution < 1.29 is 0 Å². The SMILES string of the molecule is CC1CCCC1NC1c2ccccc2Cc2ccccc21. The number of hydrogen-bond donors (Lipinski definition) is 1. The van der Waals surface area contributed by atoms with Crippen molar-refractivity contribution in [1.29, 1.82) is 0 Å². The van der Waals surface area contributed by atoms with Crippen molar-refractivity contribution in [2.75, 3.05) is 0 Å². The zero-order valence-electron chi connectivity index (χ0n) is 12.7. The standard InChI is InChI=1S/C20H23N/c1-14-7-6-12-19(14)21-20-17-10-4-2-8-15(17)13-16-9-3-5-11-18(16)20/h2-5,8-11,14,19-21H,6-7,12-13H2,1H3. The average molecular weight is 277 g/mol. The van der Waals surface area contributed by atoms with Crippen LogP contribution in [0, 0.1) is 5.92 Å². The summed E-state index contributed by atoms with van der Waals surface area (Å²) >= 11 is 0. The highest BCUT2D eigenvalue weighted by Crippen LogP contribution is 2.37. The average Bonchev–Trinajstić information content (AvgIpc) is 2.92. The van der Waals surface area contributed by atoms with E-state index in [9.17, 15) is 0 Å². The van der Waals surface area contributed by atoms with Gasteiger partial charge in [-0.2, -0.15) is 0 Å². The minimum Gasteiger partial charge on any atom is -0.303 e. The Hall–Kier alpha value is -1.60. The Labute approximate surface area is 127 Å². The number of nitrogens with one attached hydrogen (secondary N) is 1. The lowest BCUT2D eigenvalue weighted by molar-refractivity contribution is 0.396. The van der Waals surface area contributed by atoms with Crippen LogP contribution in [0.5, 0.6) is 0 Å². The van der Waals surface area contributed by atoms with Crippen molar-refractivity contribution in [1.82, 2.24) is 5.32 Å². The molecule has 1 fully saturated rings. The summed E-state index contributed by atoms with van der Waals surface area (Å²) in [7, 11) is 0. The fourth-order valence-electron chi connectivity index (χ4n) is 4.11. The lowest BCUT2D eigenvalue weighted by atomic mass is 9.82. The molecule has 2 aliphatic carbocycles. The van der Waals surface area contributed by atoms with Gasteiger partial charge in [-0.05, 0) is 47.4 Å². The van der Waals surface area contributed by atoms with Crippen LogP contribution < -0.4 is 5.32 Å². The molecule has 2 aromatic rings. The smallest absolute Gasteiger partial charge is 0.0584 e. The van der Waals surface area contributed by atoms with Gasteiger partial charge >= 0.3 is 0 Å². The van der Waals surface area contributed by atoms with E-state index in [0.717, 1.165) is 12.3 Å². The van der Waals surface area contributed by atoms with Crippen molar-refractivity contribution >= 4 is 0 Å². The summed E-state index contributed by atoms with van der Waals surface area (Å²) in [6, 6.07) is 18.9. The second-order valence-electron chi connectivity index (χ2n) is 6.69. The molecule has 4 rings (SSSR count). The minimum absolute atomic E-state index is 0.372. The number of hydrogen-bond acceptors (Lipinski definition) is 1. The summed E-state index contributed by atoms with van der Waals surface area (Å²) in [6.07, 6.45) is 5.13. The number of benzene rings is 2. The van der Waals surface area contributed by atoms with Crippen molar-refractivity contribution in [2.45, 2.75) is 44.7 Å². The van der Waals surface area contributed by atoms with Crippen LogP contribution in [-0.2, 0) is 6.42 Å². The lowest BCUT2D eigenvalue weighted by Gasteiger charge is -2.32. The maximum atomic E-state index is 3.98. The van der Waals surface area contributed by atoms with Crippen LogP contribution in [0.4, 0.5) is 0 Å². The third-order valence-corrected chi connectivity index (χ3v) is 5.36. The Morgan fingerprint density at radius 3 is 2.05 bits per heavy atom. The van der Waals surface area contributed by atoms with Gasteiger partial charge in [0.05, 0.1) is 6.04 Å². The van der Waals surface area contributed by atoms with Crippen LogP contribution in [0.2, 0.25) is 0 Å². The van der Waals surface area contributed by atoms with Crippen LogP contribution in [0.1, 0.15) is 54.5 Å². The van der Waals surface area contributed by atoms with Crippen molar-refractivity contribution in [3.8, 4) is 0 Å². The Bertz CT molecular complexity index is 600. The molecule has 0 aromatic heterocycles. The molecular weight excluding hydrogens is 254 g/mol. The van der Waals surface area contributed by atoms with Crippen molar-refractivity contribution in [3.05, 3.63) is 70.8 Å². The molecule has 1 N–H and O–H groups in total. The van der Waals surface area contributed by atoms with Crippen LogP contribution >= 0.6 is 0 Å². The van der Waals surface area contributed by atoms with E-state index in [4.69, 9.17) is 0 Å². The first-order valence-electron chi connectivity index (χ1n) is 8.24. The Kier molecular flexibility index (Phi) is 3.31. The van der Waals surface area contributed by atoms with Crippen LogP contribution in [0.3, 0.4) is 0 Å². The van der Waals surface area contributed by atoms with Gasteiger partial charge in [0, 0.05) is 6.04 Å². The summed E-state index contributed by atoms with van der Waals surface area (Å²) < 4.78 is 0. The van der Waals surface area contributed by atoms with Crippen LogP contribution in [0.15, 0.2) is 48.5 Å². The molecule has 2 aromatic carbocycles. The van der Waals surface area contributed by atoms with E-state index in [1.54, 1.807) is 0 Å². The number of fused-ring (bicyclic) bond motifs is 2. The first-order valence-corrected chi connectivity index (χ1v) is 8.24. The molecule has 0 heterocycles. The molecule has 2 atom stereocenters. The van der Waals surface area contributed by atoms with Gasteiger partial charge in [0.1, 0.15) is 0 Å². The highest BCUT2D eigenvalue weighted by Gasteiger charge is 2.30. The van der Waals surface area contributed by atoms with E-state index in [2.05, 4.69) is 60.8 Å².